The molecular formula is C17H27N3O3S. The van der Waals surface area contributed by atoms with Crippen LogP contribution in [0.5, 0.6) is 0 Å². The lowest BCUT2D eigenvalue weighted by molar-refractivity contribution is -0.121. The largest absolute Gasteiger partial charge is 0.356 e. The number of nitrogens with one attached hydrogen (secondary N) is 3. The molecule has 1 aliphatic rings. The summed E-state index contributed by atoms with van der Waals surface area (Å²) < 4.78 is 25.6. The second-order valence-electron chi connectivity index (χ2n) is 6.20. The van der Waals surface area contributed by atoms with Gasteiger partial charge in [-0.15, -0.1) is 0 Å². The highest BCUT2D eigenvalue weighted by molar-refractivity contribution is 7.89. The molecule has 0 bridgehead atoms. The molecular weight excluding hydrogens is 326 g/mol. The molecule has 6 nitrogen and oxygen atoms in total. The number of amides is 1. The molecule has 0 radical (unpaired) electrons. The SMILES string of the molecule is CNS(=O)(=O)c1ccc(CCC(=O)NCCC2CCCNC2)cc1. The smallest absolute Gasteiger partial charge is 0.240 e. The summed E-state index contributed by atoms with van der Waals surface area (Å²) >= 11 is 0. The van der Waals surface area contributed by atoms with E-state index in [1.165, 1.54) is 19.9 Å². The lowest BCUT2D eigenvalue weighted by Gasteiger charge is -2.22. The van der Waals surface area contributed by atoms with Gasteiger partial charge in [-0.1, -0.05) is 12.1 Å². The summed E-state index contributed by atoms with van der Waals surface area (Å²) in [6.07, 6.45) is 4.51. The molecule has 1 atom stereocenters. The highest BCUT2D eigenvalue weighted by Crippen LogP contribution is 2.13. The van der Waals surface area contributed by atoms with Crippen molar-refractivity contribution in [1.82, 2.24) is 15.4 Å². The van der Waals surface area contributed by atoms with Crippen molar-refractivity contribution in [3.05, 3.63) is 29.8 Å². The van der Waals surface area contributed by atoms with Gasteiger partial charge in [0.15, 0.2) is 0 Å². The Kier molecular flexibility index (Phi) is 7.20. The van der Waals surface area contributed by atoms with E-state index in [1.807, 2.05) is 0 Å². The molecule has 1 aromatic carbocycles. The average molecular weight is 353 g/mol. The van der Waals surface area contributed by atoms with E-state index in [0.29, 0.717) is 18.8 Å². The predicted octanol–water partition coefficient (Wildman–Crippen LogP) is 1.03. The van der Waals surface area contributed by atoms with E-state index in [0.717, 1.165) is 31.6 Å². The van der Waals surface area contributed by atoms with E-state index in [-0.39, 0.29) is 10.8 Å². The zero-order chi connectivity index (χ0) is 17.4. The summed E-state index contributed by atoms with van der Waals surface area (Å²) in [4.78, 5) is 12.1. The highest BCUT2D eigenvalue weighted by atomic mass is 32.2. The Morgan fingerprint density at radius 3 is 2.67 bits per heavy atom. The summed E-state index contributed by atoms with van der Waals surface area (Å²) in [5, 5.41) is 6.35. The van der Waals surface area contributed by atoms with Crippen molar-refractivity contribution >= 4 is 15.9 Å². The summed E-state index contributed by atoms with van der Waals surface area (Å²) in [6, 6.07) is 6.64. The third-order valence-electron chi connectivity index (χ3n) is 4.42. The fraction of sp³-hybridized carbons (Fsp3) is 0.588. The Hall–Kier alpha value is -1.44. The maximum Gasteiger partial charge on any atom is 0.240 e. The van der Waals surface area contributed by atoms with Gasteiger partial charge in [-0.3, -0.25) is 4.79 Å². The summed E-state index contributed by atoms with van der Waals surface area (Å²) in [6.45, 7) is 2.89. The van der Waals surface area contributed by atoms with Gasteiger partial charge in [0.2, 0.25) is 15.9 Å². The number of hydrogen-bond acceptors (Lipinski definition) is 4. The van der Waals surface area contributed by atoms with Gasteiger partial charge < -0.3 is 10.6 Å². The van der Waals surface area contributed by atoms with Crippen LogP contribution in [0.1, 0.15) is 31.2 Å². The van der Waals surface area contributed by atoms with Crippen molar-refractivity contribution < 1.29 is 13.2 Å². The maximum atomic E-state index is 11.9. The zero-order valence-electron chi connectivity index (χ0n) is 14.2. The number of aryl methyl sites for hydroxylation is 1. The van der Waals surface area contributed by atoms with Gasteiger partial charge in [0.05, 0.1) is 4.90 Å². The number of rotatable bonds is 8. The van der Waals surface area contributed by atoms with E-state index in [9.17, 15) is 13.2 Å². The Balaban J connectivity index is 1.69. The van der Waals surface area contributed by atoms with Crippen LogP contribution in [-0.2, 0) is 21.2 Å². The van der Waals surface area contributed by atoms with Crippen molar-refractivity contribution in [2.45, 2.75) is 37.0 Å². The first-order chi connectivity index (χ1) is 11.5. The minimum absolute atomic E-state index is 0.0469. The molecule has 2 rings (SSSR count). The molecule has 3 N–H and O–H groups in total. The molecule has 1 unspecified atom stereocenters. The monoisotopic (exact) mass is 353 g/mol. The third kappa shape index (κ3) is 5.89. The van der Waals surface area contributed by atoms with Crippen LogP contribution >= 0.6 is 0 Å². The highest BCUT2D eigenvalue weighted by Gasteiger charge is 2.13. The van der Waals surface area contributed by atoms with Crippen LogP contribution in [0.15, 0.2) is 29.2 Å². The molecule has 1 amide bonds. The van der Waals surface area contributed by atoms with Crippen LogP contribution in [0.25, 0.3) is 0 Å². The predicted molar refractivity (Wildman–Crippen MR) is 94.2 cm³/mol. The standard InChI is InChI=1S/C17H27N3O3S/c1-18-24(22,23)16-7-4-14(5-8-16)6-9-17(21)20-12-10-15-3-2-11-19-13-15/h4-5,7-8,15,18-19H,2-3,6,9-13H2,1H3,(H,20,21). The molecule has 0 aliphatic carbocycles. The number of benzene rings is 1. The van der Waals surface area contributed by atoms with E-state index in [1.54, 1.807) is 24.3 Å². The van der Waals surface area contributed by atoms with Gasteiger partial charge in [0.25, 0.3) is 0 Å². The number of sulfonamides is 1. The van der Waals surface area contributed by atoms with Crippen molar-refractivity contribution in [2.24, 2.45) is 5.92 Å². The normalized spacial score (nSPS) is 18.3. The van der Waals surface area contributed by atoms with Gasteiger partial charge in [0, 0.05) is 13.0 Å². The average Bonchev–Trinajstić information content (AvgIpc) is 2.61. The summed E-state index contributed by atoms with van der Waals surface area (Å²) in [7, 11) is -2.02. The van der Waals surface area contributed by atoms with Crippen molar-refractivity contribution in [3.8, 4) is 0 Å². The molecule has 0 saturated carbocycles. The lowest BCUT2D eigenvalue weighted by Crippen LogP contribution is -2.33. The Morgan fingerprint density at radius 1 is 1.29 bits per heavy atom. The molecule has 7 heteroatoms. The zero-order valence-corrected chi connectivity index (χ0v) is 15.0. The van der Waals surface area contributed by atoms with Gasteiger partial charge >= 0.3 is 0 Å². The Labute approximate surface area is 144 Å². The quantitative estimate of drug-likeness (QED) is 0.651. The van der Waals surface area contributed by atoms with E-state index in [2.05, 4.69) is 15.4 Å². The molecule has 1 fully saturated rings. The van der Waals surface area contributed by atoms with Crippen LogP contribution in [0.3, 0.4) is 0 Å². The fourth-order valence-corrected chi connectivity index (χ4v) is 3.62. The van der Waals surface area contributed by atoms with Crippen LogP contribution in [0.2, 0.25) is 0 Å². The van der Waals surface area contributed by atoms with Crippen LogP contribution in [0.4, 0.5) is 0 Å². The Bertz CT molecular complexity index is 623. The van der Waals surface area contributed by atoms with Gasteiger partial charge in [0.1, 0.15) is 0 Å². The maximum absolute atomic E-state index is 11.9. The van der Waals surface area contributed by atoms with Crippen LogP contribution in [-0.4, -0.2) is 41.0 Å². The van der Waals surface area contributed by atoms with Crippen molar-refractivity contribution in [2.75, 3.05) is 26.7 Å². The minimum Gasteiger partial charge on any atom is -0.356 e. The van der Waals surface area contributed by atoms with E-state index >= 15 is 0 Å². The topological polar surface area (TPSA) is 87.3 Å². The van der Waals surface area contributed by atoms with Crippen LogP contribution < -0.4 is 15.4 Å². The minimum atomic E-state index is -3.40. The fourth-order valence-electron chi connectivity index (χ4n) is 2.89. The van der Waals surface area contributed by atoms with Gasteiger partial charge in [-0.2, -0.15) is 0 Å². The molecule has 24 heavy (non-hydrogen) atoms. The molecule has 1 saturated heterocycles. The van der Waals surface area contributed by atoms with Crippen molar-refractivity contribution in [1.29, 1.82) is 0 Å². The molecule has 1 aromatic rings. The second-order valence-corrected chi connectivity index (χ2v) is 8.09. The molecule has 134 valence electrons. The summed E-state index contributed by atoms with van der Waals surface area (Å²) in [5.74, 6) is 0.714. The third-order valence-corrected chi connectivity index (χ3v) is 5.85. The molecule has 1 heterocycles. The number of piperidine rings is 1. The van der Waals surface area contributed by atoms with E-state index < -0.39 is 10.0 Å². The Morgan fingerprint density at radius 2 is 2.04 bits per heavy atom. The first-order valence-electron chi connectivity index (χ1n) is 8.51. The second kappa shape index (κ2) is 9.15. The van der Waals surface area contributed by atoms with Gasteiger partial charge in [-0.25, -0.2) is 13.1 Å². The summed E-state index contributed by atoms with van der Waals surface area (Å²) in [5.41, 5.74) is 0.955. The number of carbonyl (C=O) groups excluding carboxylic acids is 1. The van der Waals surface area contributed by atoms with E-state index in [4.69, 9.17) is 0 Å². The molecule has 0 aromatic heterocycles. The first-order valence-corrected chi connectivity index (χ1v) is 9.99. The molecule has 0 spiro atoms. The number of hydrogen-bond donors (Lipinski definition) is 3. The lowest BCUT2D eigenvalue weighted by atomic mass is 9.96. The van der Waals surface area contributed by atoms with Gasteiger partial charge in [-0.05, 0) is 69.4 Å². The number of carbonyl (C=O) groups is 1. The first kappa shape index (κ1) is 18.9. The van der Waals surface area contributed by atoms with Crippen LogP contribution in [0, 0.1) is 5.92 Å². The van der Waals surface area contributed by atoms with Crippen molar-refractivity contribution in [3.63, 3.8) is 0 Å². The molecule has 1 aliphatic heterocycles.